The maximum atomic E-state index is 5.83. The molecule has 0 spiro atoms. The fourth-order valence-electron chi connectivity index (χ4n) is 2.17. The number of thioether (sulfide) groups is 1. The molecular formula is C15H22N4OS2. The second kappa shape index (κ2) is 7.78. The molecule has 0 saturated carbocycles. The number of thiocarbonyl (C=S) groups is 1. The number of aliphatic imine (C=N–C) groups is 1. The van der Waals surface area contributed by atoms with E-state index in [-0.39, 0.29) is 12.0 Å². The largest absolute Gasteiger partial charge is 0.489 e. The Morgan fingerprint density at radius 1 is 1.55 bits per heavy atom. The first-order valence-corrected chi connectivity index (χ1v) is 8.74. The van der Waals surface area contributed by atoms with Crippen LogP contribution in [0.2, 0.25) is 0 Å². The lowest BCUT2D eigenvalue weighted by molar-refractivity contribution is 0.237. The van der Waals surface area contributed by atoms with Gasteiger partial charge in [0, 0.05) is 24.4 Å². The summed E-state index contributed by atoms with van der Waals surface area (Å²) in [4.78, 5) is 11.0. The molecule has 5 nitrogen and oxygen atoms in total. The van der Waals surface area contributed by atoms with E-state index >= 15 is 0 Å². The molecule has 0 radical (unpaired) electrons. The van der Waals surface area contributed by atoms with Crippen molar-refractivity contribution >= 4 is 34.3 Å². The minimum absolute atomic E-state index is 0.122. The van der Waals surface area contributed by atoms with Crippen molar-refractivity contribution in [2.75, 3.05) is 18.8 Å². The van der Waals surface area contributed by atoms with E-state index in [2.05, 4.69) is 16.9 Å². The van der Waals surface area contributed by atoms with Crippen molar-refractivity contribution in [2.24, 2.45) is 10.7 Å². The van der Waals surface area contributed by atoms with E-state index in [1.54, 1.807) is 18.0 Å². The van der Waals surface area contributed by atoms with Crippen LogP contribution in [-0.2, 0) is 0 Å². The predicted octanol–water partition coefficient (Wildman–Crippen LogP) is 2.62. The van der Waals surface area contributed by atoms with Gasteiger partial charge in [0.25, 0.3) is 0 Å². The van der Waals surface area contributed by atoms with Crippen LogP contribution in [0.5, 0.6) is 5.75 Å². The number of hydrogen-bond acceptors (Lipinski definition) is 5. The third-order valence-corrected chi connectivity index (χ3v) is 4.39. The average molecular weight is 339 g/mol. The zero-order chi connectivity index (χ0) is 16.1. The molecular weight excluding hydrogens is 316 g/mol. The van der Waals surface area contributed by atoms with Crippen LogP contribution in [0, 0.1) is 0 Å². The Morgan fingerprint density at radius 2 is 2.32 bits per heavy atom. The van der Waals surface area contributed by atoms with Crippen LogP contribution >= 0.6 is 24.0 Å². The van der Waals surface area contributed by atoms with Crippen molar-refractivity contribution in [2.45, 2.75) is 32.8 Å². The van der Waals surface area contributed by atoms with Gasteiger partial charge >= 0.3 is 0 Å². The summed E-state index contributed by atoms with van der Waals surface area (Å²) in [6.45, 7) is 7.59. The topological polar surface area (TPSA) is 63.7 Å². The molecule has 1 aliphatic rings. The number of amidine groups is 1. The van der Waals surface area contributed by atoms with Crippen molar-refractivity contribution in [3.8, 4) is 5.75 Å². The lowest BCUT2D eigenvalue weighted by Gasteiger charge is -2.18. The fraction of sp³-hybridized carbons (Fsp3) is 0.533. The molecule has 2 rings (SSSR count). The Hall–Kier alpha value is -1.34. The third-order valence-electron chi connectivity index (χ3n) is 3.17. The number of ether oxygens (including phenoxy) is 1. The number of hydrogen-bond donors (Lipinski definition) is 1. The Balaban J connectivity index is 2.09. The molecule has 1 aliphatic heterocycles. The molecule has 1 saturated heterocycles. The van der Waals surface area contributed by atoms with Crippen molar-refractivity contribution < 1.29 is 4.74 Å². The van der Waals surface area contributed by atoms with Gasteiger partial charge in [0.15, 0.2) is 10.3 Å². The first-order chi connectivity index (χ1) is 10.5. The summed E-state index contributed by atoms with van der Waals surface area (Å²) in [5.41, 5.74) is 6.65. The molecule has 1 fully saturated rings. The van der Waals surface area contributed by atoms with E-state index in [4.69, 9.17) is 22.7 Å². The third kappa shape index (κ3) is 4.33. The van der Waals surface area contributed by atoms with E-state index in [0.29, 0.717) is 11.7 Å². The summed E-state index contributed by atoms with van der Waals surface area (Å²) >= 11 is 6.74. The summed E-state index contributed by atoms with van der Waals surface area (Å²) in [5, 5.41) is 1.29. The summed E-state index contributed by atoms with van der Waals surface area (Å²) in [7, 11) is 0. The average Bonchev–Trinajstić information content (AvgIpc) is 2.93. The Kier molecular flexibility index (Phi) is 6.02. The van der Waals surface area contributed by atoms with Crippen molar-refractivity contribution in [1.82, 2.24) is 9.88 Å². The Bertz CT molecular complexity index is 562. The minimum atomic E-state index is 0.122. The normalized spacial score (nSPS) is 18.0. The second-order valence-corrected chi connectivity index (χ2v) is 6.90. The zero-order valence-corrected chi connectivity index (χ0v) is 14.8. The van der Waals surface area contributed by atoms with E-state index in [1.807, 2.05) is 30.9 Å². The maximum Gasteiger partial charge on any atom is 0.172 e. The van der Waals surface area contributed by atoms with E-state index < -0.39 is 0 Å². The highest BCUT2D eigenvalue weighted by atomic mass is 32.2. The van der Waals surface area contributed by atoms with Crippen LogP contribution in [0.3, 0.4) is 0 Å². The Labute approximate surface area is 141 Å². The molecule has 1 aromatic rings. The van der Waals surface area contributed by atoms with Crippen LogP contribution in [0.1, 0.15) is 32.4 Å². The number of rotatable bonds is 5. The zero-order valence-electron chi connectivity index (χ0n) is 13.2. The number of pyridine rings is 1. The SMILES string of the molecule is CC(C)Oc1cccnc1C(C)C/N=C1\SCCN1C(N)=S. The first kappa shape index (κ1) is 17.0. The molecule has 0 aliphatic carbocycles. The molecule has 1 atom stereocenters. The lowest BCUT2D eigenvalue weighted by atomic mass is 10.1. The van der Waals surface area contributed by atoms with Gasteiger partial charge in [-0.1, -0.05) is 18.7 Å². The molecule has 120 valence electrons. The van der Waals surface area contributed by atoms with Crippen LogP contribution < -0.4 is 10.5 Å². The maximum absolute atomic E-state index is 5.83. The van der Waals surface area contributed by atoms with Crippen molar-refractivity contribution in [3.63, 3.8) is 0 Å². The molecule has 1 aromatic heterocycles. The standard InChI is InChI=1S/C15H22N4OS2/c1-10(2)20-12-5-4-6-17-13(12)11(3)9-18-15-19(14(16)21)7-8-22-15/h4-6,10-11H,7-9H2,1-3H3,(H2,16,21)/b18-15-. The molecule has 7 heteroatoms. The highest BCUT2D eigenvalue weighted by Crippen LogP contribution is 2.26. The number of aromatic nitrogens is 1. The summed E-state index contributed by atoms with van der Waals surface area (Å²) in [6, 6.07) is 3.85. The lowest BCUT2D eigenvalue weighted by Crippen LogP contribution is -2.36. The van der Waals surface area contributed by atoms with Gasteiger partial charge in [-0.15, -0.1) is 0 Å². The highest BCUT2D eigenvalue weighted by molar-refractivity contribution is 8.14. The molecule has 0 bridgehead atoms. The van der Waals surface area contributed by atoms with Gasteiger partial charge in [-0.2, -0.15) is 0 Å². The van der Waals surface area contributed by atoms with E-state index in [9.17, 15) is 0 Å². The van der Waals surface area contributed by atoms with Crippen LogP contribution in [-0.4, -0.2) is 45.1 Å². The summed E-state index contributed by atoms with van der Waals surface area (Å²) < 4.78 is 5.83. The van der Waals surface area contributed by atoms with Crippen molar-refractivity contribution in [1.29, 1.82) is 0 Å². The number of nitrogens with zero attached hydrogens (tertiary/aromatic N) is 3. The minimum Gasteiger partial charge on any atom is -0.489 e. The Morgan fingerprint density at radius 3 is 3.00 bits per heavy atom. The monoisotopic (exact) mass is 338 g/mol. The van der Waals surface area contributed by atoms with Gasteiger partial charge in [0.05, 0.1) is 18.3 Å². The molecule has 2 heterocycles. The van der Waals surface area contributed by atoms with Crippen molar-refractivity contribution in [3.05, 3.63) is 24.0 Å². The van der Waals surface area contributed by atoms with Gasteiger partial charge in [-0.25, -0.2) is 0 Å². The van der Waals surface area contributed by atoms with E-state index in [1.165, 1.54) is 0 Å². The van der Waals surface area contributed by atoms with Gasteiger partial charge in [-0.3, -0.25) is 14.9 Å². The van der Waals surface area contributed by atoms with Crippen LogP contribution in [0.4, 0.5) is 0 Å². The number of nitrogens with two attached hydrogens (primary N) is 1. The predicted molar refractivity (Wildman–Crippen MR) is 96.7 cm³/mol. The van der Waals surface area contributed by atoms with Crippen LogP contribution in [0.25, 0.3) is 0 Å². The van der Waals surface area contributed by atoms with E-state index in [0.717, 1.165) is 28.9 Å². The summed E-state index contributed by atoms with van der Waals surface area (Å²) in [5.74, 6) is 1.96. The second-order valence-electron chi connectivity index (χ2n) is 5.42. The smallest absolute Gasteiger partial charge is 0.172 e. The summed E-state index contributed by atoms with van der Waals surface area (Å²) in [6.07, 6.45) is 1.91. The first-order valence-electron chi connectivity index (χ1n) is 7.34. The molecule has 0 amide bonds. The van der Waals surface area contributed by atoms with Crippen LogP contribution in [0.15, 0.2) is 23.3 Å². The molecule has 0 aromatic carbocycles. The van der Waals surface area contributed by atoms with Gasteiger partial charge in [0.2, 0.25) is 0 Å². The molecule has 1 unspecified atom stereocenters. The fourth-order valence-corrected chi connectivity index (χ4v) is 3.37. The van der Waals surface area contributed by atoms with Gasteiger partial charge < -0.3 is 10.5 Å². The van der Waals surface area contributed by atoms with Gasteiger partial charge in [0.1, 0.15) is 5.75 Å². The van der Waals surface area contributed by atoms with Gasteiger partial charge in [-0.05, 0) is 38.2 Å². The molecule has 22 heavy (non-hydrogen) atoms. The highest BCUT2D eigenvalue weighted by Gasteiger charge is 2.22. The quantitative estimate of drug-likeness (QED) is 0.833. The molecule has 2 N–H and O–H groups in total.